The van der Waals surface area contributed by atoms with Gasteiger partial charge in [0.25, 0.3) is 0 Å². The van der Waals surface area contributed by atoms with E-state index in [9.17, 15) is 4.79 Å². The number of amides is 1. The van der Waals surface area contributed by atoms with Crippen molar-refractivity contribution in [1.82, 2.24) is 10.2 Å². The minimum atomic E-state index is -0.758. The van der Waals surface area contributed by atoms with E-state index in [4.69, 9.17) is 5.73 Å². The van der Waals surface area contributed by atoms with Gasteiger partial charge >= 0.3 is 0 Å². The second-order valence-corrected chi connectivity index (χ2v) is 5.18. The zero-order valence-corrected chi connectivity index (χ0v) is 12.5. The Bertz CT molecular complexity index is 223. The van der Waals surface area contributed by atoms with Crippen molar-refractivity contribution in [2.24, 2.45) is 11.7 Å². The van der Waals surface area contributed by atoms with Crippen LogP contribution in [0.5, 0.6) is 0 Å². The first-order valence-corrected chi connectivity index (χ1v) is 5.65. The maximum atomic E-state index is 11.5. The molecule has 0 aromatic heterocycles. The van der Waals surface area contributed by atoms with Crippen molar-refractivity contribution in [3.8, 4) is 0 Å². The molecule has 1 fully saturated rings. The molecule has 1 amide bonds. The minimum Gasteiger partial charge on any atom is -0.354 e. The molecule has 1 aliphatic rings. The average Bonchev–Trinajstić information content (AvgIpc) is 2.15. The second-order valence-electron chi connectivity index (χ2n) is 5.18. The molecule has 4 nitrogen and oxygen atoms in total. The predicted octanol–water partition coefficient (Wildman–Crippen LogP) is 1.03. The van der Waals surface area contributed by atoms with Crippen molar-refractivity contribution < 1.29 is 4.79 Å². The third-order valence-corrected chi connectivity index (χ3v) is 2.97. The van der Waals surface area contributed by atoms with Crippen LogP contribution in [0.4, 0.5) is 0 Å². The van der Waals surface area contributed by atoms with Crippen molar-refractivity contribution >= 4 is 30.7 Å². The molecule has 0 unspecified atom stereocenters. The summed E-state index contributed by atoms with van der Waals surface area (Å²) in [7, 11) is 2.14. The van der Waals surface area contributed by atoms with Crippen LogP contribution < -0.4 is 11.1 Å². The first kappa shape index (κ1) is 19.3. The van der Waals surface area contributed by atoms with Crippen LogP contribution in [-0.2, 0) is 4.79 Å². The molecule has 0 atom stereocenters. The molecule has 1 aliphatic heterocycles. The third-order valence-electron chi connectivity index (χ3n) is 2.97. The summed E-state index contributed by atoms with van der Waals surface area (Å²) in [6, 6.07) is 0. The van der Waals surface area contributed by atoms with Gasteiger partial charge in [0.05, 0.1) is 5.54 Å². The highest BCUT2D eigenvalue weighted by atomic mass is 35.5. The minimum absolute atomic E-state index is 0. The standard InChI is InChI=1S/C11H23N3O.2ClH/c1-11(2,12)10(15)13-8-9-4-6-14(3)7-5-9;;/h9H,4-8,12H2,1-3H3,(H,13,15);2*1H. The van der Waals surface area contributed by atoms with E-state index < -0.39 is 5.54 Å². The van der Waals surface area contributed by atoms with E-state index in [1.807, 2.05) is 0 Å². The number of likely N-dealkylation sites (tertiary alicyclic amines) is 1. The van der Waals surface area contributed by atoms with Crippen molar-refractivity contribution in [1.29, 1.82) is 0 Å². The fraction of sp³-hybridized carbons (Fsp3) is 0.909. The summed E-state index contributed by atoms with van der Waals surface area (Å²) in [5.74, 6) is 0.564. The molecule has 0 bridgehead atoms. The average molecular weight is 286 g/mol. The normalized spacial score (nSPS) is 17.9. The molecule has 6 heteroatoms. The molecule has 0 radical (unpaired) electrons. The number of piperidine rings is 1. The molecule has 1 saturated heterocycles. The van der Waals surface area contributed by atoms with E-state index in [0.29, 0.717) is 5.92 Å². The van der Waals surface area contributed by atoms with Gasteiger partial charge in [0, 0.05) is 6.54 Å². The van der Waals surface area contributed by atoms with Gasteiger partial charge in [-0.2, -0.15) is 0 Å². The first-order valence-electron chi connectivity index (χ1n) is 5.65. The molecular weight excluding hydrogens is 261 g/mol. The van der Waals surface area contributed by atoms with Crippen LogP contribution in [0.2, 0.25) is 0 Å². The van der Waals surface area contributed by atoms with E-state index in [0.717, 1.165) is 19.6 Å². The van der Waals surface area contributed by atoms with Gasteiger partial charge < -0.3 is 16.0 Å². The van der Waals surface area contributed by atoms with Gasteiger partial charge in [-0.05, 0) is 52.7 Å². The van der Waals surface area contributed by atoms with Crippen LogP contribution in [-0.4, -0.2) is 43.0 Å². The smallest absolute Gasteiger partial charge is 0.239 e. The van der Waals surface area contributed by atoms with Gasteiger partial charge in [-0.15, -0.1) is 24.8 Å². The number of carbonyl (C=O) groups is 1. The maximum absolute atomic E-state index is 11.5. The third kappa shape index (κ3) is 7.09. The quantitative estimate of drug-likeness (QED) is 0.814. The Morgan fingerprint density at radius 3 is 2.24 bits per heavy atom. The maximum Gasteiger partial charge on any atom is 0.239 e. The zero-order valence-electron chi connectivity index (χ0n) is 10.9. The molecule has 0 saturated carbocycles. The van der Waals surface area contributed by atoms with E-state index in [1.165, 1.54) is 12.8 Å². The number of rotatable bonds is 3. The molecule has 104 valence electrons. The Morgan fingerprint density at radius 1 is 1.35 bits per heavy atom. The number of nitrogens with zero attached hydrogens (tertiary/aromatic N) is 1. The molecule has 0 spiro atoms. The van der Waals surface area contributed by atoms with E-state index >= 15 is 0 Å². The van der Waals surface area contributed by atoms with Crippen LogP contribution in [0, 0.1) is 5.92 Å². The van der Waals surface area contributed by atoms with Crippen molar-refractivity contribution in [2.75, 3.05) is 26.7 Å². The number of carbonyl (C=O) groups excluding carboxylic acids is 1. The largest absolute Gasteiger partial charge is 0.354 e. The number of hydrogen-bond donors (Lipinski definition) is 2. The molecule has 0 aromatic rings. The Hall–Kier alpha value is -0.0300. The van der Waals surface area contributed by atoms with Gasteiger partial charge in [0.2, 0.25) is 5.91 Å². The molecule has 17 heavy (non-hydrogen) atoms. The van der Waals surface area contributed by atoms with Crippen LogP contribution in [0.15, 0.2) is 0 Å². The summed E-state index contributed by atoms with van der Waals surface area (Å²) >= 11 is 0. The van der Waals surface area contributed by atoms with Crippen LogP contribution in [0.3, 0.4) is 0 Å². The van der Waals surface area contributed by atoms with Gasteiger partial charge in [0.15, 0.2) is 0 Å². The van der Waals surface area contributed by atoms with E-state index in [1.54, 1.807) is 13.8 Å². The van der Waals surface area contributed by atoms with E-state index in [2.05, 4.69) is 17.3 Å². The highest BCUT2D eigenvalue weighted by molar-refractivity contribution is 5.85. The molecule has 1 heterocycles. The number of nitrogens with one attached hydrogen (secondary N) is 1. The molecule has 0 aliphatic carbocycles. The lowest BCUT2D eigenvalue weighted by Gasteiger charge is -2.29. The molecule has 0 aromatic carbocycles. The Balaban J connectivity index is 0. The fourth-order valence-corrected chi connectivity index (χ4v) is 1.73. The lowest BCUT2D eigenvalue weighted by Crippen LogP contribution is -2.50. The Kier molecular flexibility index (Phi) is 9.25. The Labute approximate surface area is 117 Å². The second kappa shape index (κ2) is 8.14. The lowest BCUT2D eigenvalue weighted by molar-refractivity contribution is -0.125. The highest BCUT2D eigenvalue weighted by Gasteiger charge is 2.23. The molecular formula is C11H25Cl2N3O. The summed E-state index contributed by atoms with van der Waals surface area (Å²) in [5.41, 5.74) is 4.94. The lowest BCUT2D eigenvalue weighted by atomic mass is 9.96. The van der Waals surface area contributed by atoms with Crippen molar-refractivity contribution in [3.63, 3.8) is 0 Å². The van der Waals surface area contributed by atoms with Gasteiger partial charge in [-0.25, -0.2) is 0 Å². The summed E-state index contributed by atoms with van der Waals surface area (Å²) in [6.07, 6.45) is 2.34. The summed E-state index contributed by atoms with van der Waals surface area (Å²) in [6.45, 7) is 6.50. The van der Waals surface area contributed by atoms with E-state index in [-0.39, 0.29) is 30.7 Å². The SMILES string of the molecule is CN1CCC(CNC(=O)C(C)(C)N)CC1.Cl.Cl. The van der Waals surface area contributed by atoms with Gasteiger partial charge in [0.1, 0.15) is 0 Å². The molecule has 1 rings (SSSR count). The van der Waals surface area contributed by atoms with Gasteiger partial charge in [-0.3, -0.25) is 4.79 Å². The summed E-state index contributed by atoms with van der Waals surface area (Å²) in [5, 5.41) is 2.92. The Morgan fingerprint density at radius 2 is 1.82 bits per heavy atom. The summed E-state index contributed by atoms with van der Waals surface area (Å²) in [4.78, 5) is 13.8. The highest BCUT2D eigenvalue weighted by Crippen LogP contribution is 2.14. The topological polar surface area (TPSA) is 58.4 Å². The first-order chi connectivity index (χ1) is 6.89. The number of nitrogens with two attached hydrogens (primary N) is 1. The monoisotopic (exact) mass is 285 g/mol. The number of halogens is 2. The zero-order chi connectivity index (χ0) is 11.5. The number of hydrogen-bond acceptors (Lipinski definition) is 3. The predicted molar refractivity (Wildman–Crippen MR) is 76.0 cm³/mol. The van der Waals surface area contributed by atoms with Crippen LogP contribution >= 0.6 is 24.8 Å². The van der Waals surface area contributed by atoms with Crippen LogP contribution in [0.1, 0.15) is 26.7 Å². The van der Waals surface area contributed by atoms with Gasteiger partial charge in [-0.1, -0.05) is 0 Å². The fourth-order valence-electron chi connectivity index (χ4n) is 1.73. The summed E-state index contributed by atoms with van der Waals surface area (Å²) < 4.78 is 0. The van der Waals surface area contributed by atoms with Crippen LogP contribution in [0.25, 0.3) is 0 Å². The van der Waals surface area contributed by atoms with Crippen molar-refractivity contribution in [2.45, 2.75) is 32.2 Å². The molecule has 3 N–H and O–H groups in total. The van der Waals surface area contributed by atoms with Crippen molar-refractivity contribution in [3.05, 3.63) is 0 Å².